The lowest BCUT2D eigenvalue weighted by Crippen LogP contribution is -2.22. The molecule has 0 aliphatic carbocycles. The summed E-state index contributed by atoms with van der Waals surface area (Å²) in [6.07, 6.45) is 2.47. The predicted octanol–water partition coefficient (Wildman–Crippen LogP) is 2.92. The Hall–Kier alpha value is -2.01. The van der Waals surface area contributed by atoms with Crippen LogP contribution in [0, 0.1) is 0 Å². The van der Waals surface area contributed by atoms with Gasteiger partial charge in [-0.2, -0.15) is 0 Å². The molecule has 0 aliphatic rings. The predicted molar refractivity (Wildman–Crippen MR) is 73.7 cm³/mol. The standard InChI is InChI=1S/C15H19NO4/c1-4-11-10(8-9-19-11)14(16-5-2)12-6-7-13(20-12)15(17)18-3/h6-9,14,16H,4-5H2,1-3H3. The molecule has 0 fully saturated rings. The van der Waals surface area contributed by atoms with Crippen LogP contribution in [0.15, 0.2) is 33.3 Å². The normalized spacial score (nSPS) is 12.3. The molecule has 2 heterocycles. The highest BCUT2D eigenvalue weighted by molar-refractivity contribution is 5.86. The maximum atomic E-state index is 11.5. The van der Waals surface area contributed by atoms with E-state index >= 15 is 0 Å². The summed E-state index contributed by atoms with van der Waals surface area (Å²) in [6, 6.07) is 5.20. The van der Waals surface area contributed by atoms with Gasteiger partial charge < -0.3 is 18.9 Å². The number of carbonyl (C=O) groups is 1. The zero-order valence-corrected chi connectivity index (χ0v) is 11.9. The van der Waals surface area contributed by atoms with Gasteiger partial charge in [0, 0.05) is 12.0 Å². The number of hydrogen-bond donors (Lipinski definition) is 1. The first-order chi connectivity index (χ1) is 9.71. The van der Waals surface area contributed by atoms with Crippen molar-refractivity contribution in [2.45, 2.75) is 26.3 Å². The van der Waals surface area contributed by atoms with E-state index in [-0.39, 0.29) is 11.8 Å². The highest BCUT2D eigenvalue weighted by atomic mass is 16.5. The summed E-state index contributed by atoms with van der Waals surface area (Å²) in [5.74, 6) is 1.30. The summed E-state index contributed by atoms with van der Waals surface area (Å²) in [4.78, 5) is 11.5. The number of carbonyl (C=O) groups excluding carboxylic acids is 1. The summed E-state index contributed by atoms with van der Waals surface area (Å²) in [7, 11) is 1.33. The van der Waals surface area contributed by atoms with Crippen LogP contribution in [0.5, 0.6) is 0 Å². The molecule has 0 amide bonds. The van der Waals surface area contributed by atoms with Crippen molar-refractivity contribution < 1.29 is 18.4 Å². The molecule has 2 rings (SSSR count). The average molecular weight is 277 g/mol. The second-order valence-electron chi connectivity index (χ2n) is 4.34. The fourth-order valence-electron chi connectivity index (χ4n) is 2.18. The van der Waals surface area contributed by atoms with E-state index in [0.717, 1.165) is 24.3 Å². The van der Waals surface area contributed by atoms with E-state index < -0.39 is 5.97 Å². The van der Waals surface area contributed by atoms with Crippen LogP contribution in [-0.2, 0) is 11.2 Å². The lowest BCUT2D eigenvalue weighted by Gasteiger charge is -2.15. The Balaban J connectivity index is 2.33. The maximum absolute atomic E-state index is 11.5. The third-order valence-electron chi connectivity index (χ3n) is 3.12. The van der Waals surface area contributed by atoms with Crippen LogP contribution in [0.3, 0.4) is 0 Å². The smallest absolute Gasteiger partial charge is 0.373 e. The van der Waals surface area contributed by atoms with Crippen molar-refractivity contribution in [2.24, 2.45) is 0 Å². The van der Waals surface area contributed by atoms with E-state index in [1.807, 2.05) is 19.9 Å². The van der Waals surface area contributed by atoms with Gasteiger partial charge in [0.05, 0.1) is 19.4 Å². The van der Waals surface area contributed by atoms with Gasteiger partial charge in [0.25, 0.3) is 0 Å². The van der Waals surface area contributed by atoms with Crippen molar-refractivity contribution in [3.63, 3.8) is 0 Å². The van der Waals surface area contributed by atoms with Gasteiger partial charge in [0.1, 0.15) is 11.5 Å². The molecule has 108 valence electrons. The minimum absolute atomic E-state index is 0.132. The second-order valence-corrected chi connectivity index (χ2v) is 4.34. The van der Waals surface area contributed by atoms with Gasteiger partial charge >= 0.3 is 5.97 Å². The Kier molecular flexibility index (Phi) is 4.63. The van der Waals surface area contributed by atoms with Crippen molar-refractivity contribution >= 4 is 5.97 Å². The number of ether oxygens (including phenoxy) is 1. The molecule has 1 N–H and O–H groups in total. The van der Waals surface area contributed by atoms with Crippen molar-refractivity contribution in [3.05, 3.63) is 47.3 Å². The van der Waals surface area contributed by atoms with Crippen molar-refractivity contribution in [3.8, 4) is 0 Å². The minimum Gasteiger partial charge on any atom is -0.469 e. The largest absolute Gasteiger partial charge is 0.469 e. The molecule has 0 saturated carbocycles. The first-order valence-corrected chi connectivity index (χ1v) is 6.68. The fourth-order valence-corrected chi connectivity index (χ4v) is 2.18. The minimum atomic E-state index is -0.477. The number of hydrogen-bond acceptors (Lipinski definition) is 5. The van der Waals surface area contributed by atoms with Crippen LogP contribution in [0.1, 0.15) is 47.5 Å². The Labute approximate surface area is 117 Å². The highest BCUT2D eigenvalue weighted by Gasteiger charge is 2.23. The van der Waals surface area contributed by atoms with Crippen LogP contribution in [0.25, 0.3) is 0 Å². The highest BCUT2D eigenvalue weighted by Crippen LogP contribution is 2.28. The van der Waals surface area contributed by atoms with Crippen molar-refractivity contribution in [2.75, 3.05) is 13.7 Å². The van der Waals surface area contributed by atoms with Crippen LogP contribution in [0.4, 0.5) is 0 Å². The number of methoxy groups -OCH3 is 1. The molecule has 0 saturated heterocycles. The Morgan fingerprint density at radius 1 is 1.35 bits per heavy atom. The Bertz CT molecular complexity index is 570. The van der Waals surface area contributed by atoms with Crippen LogP contribution in [-0.4, -0.2) is 19.6 Å². The lowest BCUT2D eigenvalue weighted by molar-refractivity contribution is 0.0562. The third kappa shape index (κ3) is 2.77. The number of aryl methyl sites for hydroxylation is 1. The SMILES string of the molecule is CCNC(c1ccc(C(=O)OC)o1)c1ccoc1CC. The molecule has 5 nitrogen and oxygen atoms in total. The summed E-state index contributed by atoms with van der Waals surface area (Å²) in [5, 5.41) is 3.34. The van der Waals surface area contributed by atoms with Crippen molar-refractivity contribution in [1.29, 1.82) is 0 Å². The van der Waals surface area contributed by atoms with Gasteiger partial charge in [-0.05, 0) is 24.7 Å². The zero-order chi connectivity index (χ0) is 14.5. The average Bonchev–Trinajstić information content (AvgIpc) is 3.12. The molecular weight excluding hydrogens is 258 g/mol. The first-order valence-electron chi connectivity index (χ1n) is 6.68. The molecular formula is C15H19NO4. The van der Waals surface area contributed by atoms with E-state index in [0.29, 0.717) is 5.76 Å². The van der Waals surface area contributed by atoms with E-state index in [1.54, 1.807) is 18.4 Å². The van der Waals surface area contributed by atoms with Gasteiger partial charge in [0.15, 0.2) is 0 Å². The Morgan fingerprint density at radius 2 is 2.15 bits per heavy atom. The summed E-state index contributed by atoms with van der Waals surface area (Å²) in [6.45, 7) is 4.82. The summed E-state index contributed by atoms with van der Waals surface area (Å²) in [5.41, 5.74) is 1.03. The summed E-state index contributed by atoms with van der Waals surface area (Å²) < 4.78 is 15.7. The second kappa shape index (κ2) is 6.43. The quantitative estimate of drug-likeness (QED) is 0.822. The molecule has 5 heteroatoms. The molecule has 1 atom stereocenters. The Morgan fingerprint density at radius 3 is 2.80 bits per heavy atom. The molecule has 2 aromatic rings. The molecule has 0 aromatic carbocycles. The maximum Gasteiger partial charge on any atom is 0.373 e. The number of rotatable bonds is 6. The van der Waals surface area contributed by atoms with Crippen LogP contribution in [0.2, 0.25) is 0 Å². The number of esters is 1. The molecule has 0 aliphatic heterocycles. The van der Waals surface area contributed by atoms with E-state index in [9.17, 15) is 4.79 Å². The molecule has 0 radical (unpaired) electrons. The lowest BCUT2D eigenvalue weighted by atomic mass is 10.0. The van der Waals surface area contributed by atoms with Gasteiger partial charge in [-0.3, -0.25) is 0 Å². The molecule has 1 unspecified atom stereocenters. The fraction of sp³-hybridized carbons (Fsp3) is 0.400. The molecule has 0 spiro atoms. The zero-order valence-electron chi connectivity index (χ0n) is 11.9. The van der Waals surface area contributed by atoms with Crippen LogP contribution < -0.4 is 5.32 Å². The van der Waals surface area contributed by atoms with Crippen LogP contribution >= 0.6 is 0 Å². The topological polar surface area (TPSA) is 64.6 Å². The number of furan rings is 2. The van der Waals surface area contributed by atoms with E-state index in [1.165, 1.54) is 7.11 Å². The van der Waals surface area contributed by atoms with Gasteiger partial charge in [0.2, 0.25) is 5.76 Å². The monoisotopic (exact) mass is 277 g/mol. The molecule has 2 aromatic heterocycles. The first kappa shape index (κ1) is 14.4. The molecule has 0 bridgehead atoms. The molecule has 20 heavy (non-hydrogen) atoms. The van der Waals surface area contributed by atoms with E-state index in [2.05, 4.69) is 10.1 Å². The van der Waals surface area contributed by atoms with E-state index in [4.69, 9.17) is 8.83 Å². The third-order valence-corrected chi connectivity index (χ3v) is 3.12. The van der Waals surface area contributed by atoms with Crippen molar-refractivity contribution in [1.82, 2.24) is 5.32 Å². The van der Waals surface area contributed by atoms with Gasteiger partial charge in [-0.25, -0.2) is 4.79 Å². The van der Waals surface area contributed by atoms with Gasteiger partial charge in [-0.1, -0.05) is 13.8 Å². The number of nitrogens with one attached hydrogen (secondary N) is 1. The van der Waals surface area contributed by atoms with Gasteiger partial charge in [-0.15, -0.1) is 0 Å². The summed E-state index contributed by atoms with van der Waals surface area (Å²) >= 11 is 0.